The summed E-state index contributed by atoms with van der Waals surface area (Å²) in [5.41, 5.74) is 7.67. The second-order valence-electron chi connectivity index (χ2n) is 4.37. The number of carbonyl (C=O) groups is 1. The Kier molecular flexibility index (Phi) is 3.89. The molecule has 1 amide bonds. The van der Waals surface area contributed by atoms with E-state index in [0.29, 0.717) is 28.3 Å². The van der Waals surface area contributed by atoms with Crippen LogP contribution in [0.5, 0.6) is 5.75 Å². The summed E-state index contributed by atoms with van der Waals surface area (Å²) in [6.07, 6.45) is 0. The third kappa shape index (κ3) is 2.88. The van der Waals surface area contributed by atoms with Crippen LogP contribution in [0, 0.1) is 12.7 Å². The molecular weight excluding hydrogens is 259 g/mol. The summed E-state index contributed by atoms with van der Waals surface area (Å²) in [5.74, 6) is -0.229. The van der Waals surface area contributed by atoms with Crippen molar-refractivity contribution in [2.75, 3.05) is 18.2 Å². The minimum Gasteiger partial charge on any atom is -0.494 e. The zero-order chi connectivity index (χ0) is 14.7. The Labute approximate surface area is 116 Å². The molecule has 2 aromatic rings. The van der Waals surface area contributed by atoms with Gasteiger partial charge in [-0.2, -0.15) is 0 Å². The quantitative estimate of drug-likeness (QED) is 0.846. The fraction of sp³-hybridized carbons (Fsp3) is 0.133. The molecule has 0 radical (unpaired) electrons. The van der Waals surface area contributed by atoms with Gasteiger partial charge >= 0.3 is 0 Å². The maximum atomic E-state index is 13.0. The van der Waals surface area contributed by atoms with Crippen LogP contribution in [0.25, 0.3) is 0 Å². The SMILES string of the molecule is COc1cc(N)ccc1NC(=O)c1ccc(F)cc1C. The van der Waals surface area contributed by atoms with Crippen LogP contribution in [0.15, 0.2) is 36.4 Å². The van der Waals surface area contributed by atoms with Crippen molar-refractivity contribution in [3.63, 3.8) is 0 Å². The summed E-state index contributed by atoms with van der Waals surface area (Å²) >= 11 is 0. The Balaban J connectivity index is 2.28. The van der Waals surface area contributed by atoms with Gasteiger partial charge < -0.3 is 15.8 Å². The van der Waals surface area contributed by atoms with Gasteiger partial charge in [-0.05, 0) is 42.8 Å². The summed E-state index contributed by atoms with van der Waals surface area (Å²) in [6, 6.07) is 8.95. The minimum absolute atomic E-state index is 0.328. The summed E-state index contributed by atoms with van der Waals surface area (Å²) in [5, 5.41) is 2.72. The number of anilines is 2. The molecule has 2 rings (SSSR count). The summed E-state index contributed by atoms with van der Waals surface area (Å²) in [7, 11) is 1.49. The largest absolute Gasteiger partial charge is 0.494 e. The number of hydrogen-bond donors (Lipinski definition) is 2. The highest BCUT2D eigenvalue weighted by Gasteiger charge is 2.12. The standard InChI is InChI=1S/C15H15FN2O2/c1-9-7-10(16)3-5-12(9)15(19)18-13-6-4-11(17)8-14(13)20-2/h3-8H,17H2,1-2H3,(H,18,19). The highest BCUT2D eigenvalue weighted by Crippen LogP contribution is 2.27. The van der Waals surface area contributed by atoms with Crippen molar-refractivity contribution in [3.05, 3.63) is 53.3 Å². The van der Waals surface area contributed by atoms with Gasteiger partial charge in [-0.1, -0.05) is 0 Å². The molecule has 0 bridgehead atoms. The molecule has 0 aliphatic heterocycles. The van der Waals surface area contributed by atoms with Gasteiger partial charge in [-0.15, -0.1) is 0 Å². The minimum atomic E-state index is -0.371. The normalized spacial score (nSPS) is 10.2. The average molecular weight is 274 g/mol. The third-order valence-corrected chi connectivity index (χ3v) is 2.91. The van der Waals surface area contributed by atoms with E-state index in [0.717, 1.165) is 0 Å². The van der Waals surface area contributed by atoms with E-state index in [4.69, 9.17) is 10.5 Å². The first-order valence-corrected chi connectivity index (χ1v) is 6.02. The van der Waals surface area contributed by atoms with E-state index in [9.17, 15) is 9.18 Å². The monoisotopic (exact) mass is 274 g/mol. The van der Waals surface area contributed by atoms with E-state index >= 15 is 0 Å². The van der Waals surface area contributed by atoms with E-state index in [1.807, 2.05) is 0 Å². The molecule has 5 heteroatoms. The molecule has 0 aliphatic carbocycles. The number of nitrogens with two attached hydrogens (primary N) is 1. The third-order valence-electron chi connectivity index (χ3n) is 2.91. The van der Waals surface area contributed by atoms with Crippen molar-refractivity contribution in [3.8, 4) is 5.75 Å². The number of halogens is 1. The van der Waals surface area contributed by atoms with Gasteiger partial charge in [0.15, 0.2) is 0 Å². The molecule has 0 unspecified atom stereocenters. The van der Waals surface area contributed by atoms with Gasteiger partial charge in [0.2, 0.25) is 0 Å². The average Bonchev–Trinajstić information content (AvgIpc) is 2.40. The Morgan fingerprint density at radius 1 is 1.25 bits per heavy atom. The molecule has 0 spiro atoms. The summed E-state index contributed by atoms with van der Waals surface area (Å²) in [4.78, 5) is 12.2. The van der Waals surface area contributed by atoms with Gasteiger partial charge in [0.1, 0.15) is 11.6 Å². The number of hydrogen-bond acceptors (Lipinski definition) is 3. The fourth-order valence-corrected chi connectivity index (χ4v) is 1.88. The lowest BCUT2D eigenvalue weighted by atomic mass is 10.1. The number of ether oxygens (including phenoxy) is 1. The van der Waals surface area contributed by atoms with Crippen LogP contribution in [-0.4, -0.2) is 13.0 Å². The molecule has 0 saturated carbocycles. The highest BCUT2D eigenvalue weighted by atomic mass is 19.1. The number of amides is 1. The molecule has 3 N–H and O–H groups in total. The maximum absolute atomic E-state index is 13.0. The lowest BCUT2D eigenvalue weighted by Gasteiger charge is -2.12. The van der Waals surface area contributed by atoms with Crippen molar-refractivity contribution in [2.24, 2.45) is 0 Å². The molecule has 2 aromatic carbocycles. The first kappa shape index (κ1) is 13.9. The van der Waals surface area contributed by atoms with Gasteiger partial charge in [0.05, 0.1) is 12.8 Å². The number of rotatable bonds is 3. The van der Waals surface area contributed by atoms with Crippen LogP contribution in [-0.2, 0) is 0 Å². The van der Waals surface area contributed by atoms with Gasteiger partial charge in [-0.3, -0.25) is 4.79 Å². The Bertz CT molecular complexity index is 656. The number of nitrogen functional groups attached to an aromatic ring is 1. The molecule has 0 fully saturated rings. The summed E-state index contributed by atoms with van der Waals surface area (Å²) < 4.78 is 18.2. The predicted molar refractivity (Wildman–Crippen MR) is 76.5 cm³/mol. The number of methoxy groups -OCH3 is 1. The van der Waals surface area contributed by atoms with E-state index < -0.39 is 0 Å². The van der Waals surface area contributed by atoms with E-state index in [1.165, 1.54) is 25.3 Å². The second kappa shape index (κ2) is 5.61. The van der Waals surface area contributed by atoms with E-state index in [2.05, 4.69) is 5.32 Å². The molecule has 0 atom stereocenters. The predicted octanol–water partition coefficient (Wildman–Crippen LogP) is 2.98. The highest BCUT2D eigenvalue weighted by molar-refractivity contribution is 6.06. The van der Waals surface area contributed by atoms with Crippen LogP contribution < -0.4 is 15.8 Å². The lowest BCUT2D eigenvalue weighted by molar-refractivity contribution is 0.102. The first-order valence-electron chi connectivity index (χ1n) is 6.02. The second-order valence-corrected chi connectivity index (χ2v) is 4.37. The van der Waals surface area contributed by atoms with Crippen molar-refractivity contribution in [1.29, 1.82) is 0 Å². The first-order chi connectivity index (χ1) is 9.51. The number of carbonyl (C=O) groups excluding carboxylic acids is 1. The molecule has 0 aromatic heterocycles. The topological polar surface area (TPSA) is 64.3 Å². The van der Waals surface area contributed by atoms with Crippen LogP contribution in [0.4, 0.5) is 15.8 Å². The van der Waals surface area contributed by atoms with E-state index in [1.54, 1.807) is 25.1 Å². The molecule has 0 saturated heterocycles. The Hall–Kier alpha value is -2.56. The number of nitrogens with one attached hydrogen (secondary N) is 1. The zero-order valence-corrected chi connectivity index (χ0v) is 11.2. The van der Waals surface area contributed by atoms with Gasteiger partial charge in [0, 0.05) is 17.3 Å². The van der Waals surface area contributed by atoms with E-state index in [-0.39, 0.29) is 11.7 Å². The molecule has 4 nitrogen and oxygen atoms in total. The van der Waals surface area contributed by atoms with Crippen LogP contribution in [0.3, 0.4) is 0 Å². The zero-order valence-electron chi connectivity index (χ0n) is 11.2. The Morgan fingerprint density at radius 3 is 2.65 bits per heavy atom. The molecule has 0 aliphatic rings. The van der Waals surface area contributed by atoms with Crippen LogP contribution in [0.1, 0.15) is 15.9 Å². The molecule has 20 heavy (non-hydrogen) atoms. The number of aryl methyl sites for hydroxylation is 1. The van der Waals surface area contributed by atoms with Gasteiger partial charge in [0.25, 0.3) is 5.91 Å². The molecule has 0 heterocycles. The molecule has 104 valence electrons. The number of benzene rings is 2. The van der Waals surface area contributed by atoms with Crippen molar-refractivity contribution < 1.29 is 13.9 Å². The smallest absolute Gasteiger partial charge is 0.256 e. The van der Waals surface area contributed by atoms with Crippen molar-refractivity contribution in [2.45, 2.75) is 6.92 Å². The van der Waals surface area contributed by atoms with Crippen molar-refractivity contribution in [1.82, 2.24) is 0 Å². The van der Waals surface area contributed by atoms with Gasteiger partial charge in [-0.25, -0.2) is 4.39 Å². The molecular formula is C15H15FN2O2. The summed E-state index contributed by atoms with van der Waals surface area (Å²) in [6.45, 7) is 1.68. The van der Waals surface area contributed by atoms with Crippen LogP contribution in [0.2, 0.25) is 0 Å². The fourth-order valence-electron chi connectivity index (χ4n) is 1.88. The lowest BCUT2D eigenvalue weighted by Crippen LogP contribution is -2.14. The maximum Gasteiger partial charge on any atom is 0.256 e. The Morgan fingerprint density at radius 2 is 2.00 bits per heavy atom. The van der Waals surface area contributed by atoms with Crippen molar-refractivity contribution >= 4 is 17.3 Å². The van der Waals surface area contributed by atoms with Crippen LogP contribution >= 0.6 is 0 Å².